The first kappa shape index (κ1) is 15.5. The topological polar surface area (TPSA) is 20.3 Å². The summed E-state index contributed by atoms with van der Waals surface area (Å²) in [6.07, 6.45) is 4.03. The number of amides is 1. The fourth-order valence-corrected chi connectivity index (χ4v) is 3.68. The third-order valence-corrected chi connectivity index (χ3v) is 5.00. The van der Waals surface area contributed by atoms with Crippen LogP contribution in [0.5, 0.6) is 0 Å². The van der Waals surface area contributed by atoms with Crippen LogP contribution in [0.4, 0.5) is 5.69 Å². The second-order valence-electron chi connectivity index (χ2n) is 4.83. The van der Waals surface area contributed by atoms with Gasteiger partial charge in [0, 0.05) is 5.02 Å². The van der Waals surface area contributed by atoms with Crippen molar-refractivity contribution in [1.29, 1.82) is 0 Å². The highest BCUT2D eigenvalue weighted by Crippen LogP contribution is 2.37. The predicted molar refractivity (Wildman–Crippen MR) is 95.7 cm³/mol. The molecule has 1 amide bonds. The van der Waals surface area contributed by atoms with E-state index in [1.165, 1.54) is 0 Å². The number of halogens is 2. The van der Waals surface area contributed by atoms with Crippen LogP contribution in [-0.2, 0) is 4.79 Å². The van der Waals surface area contributed by atoms with Crippen molar-refractivity contribution in [2.45, 2.75) is 5.37 Å². The van der Waals surface area contributed by atoms with Crippen LogP contribution < -0.4 is 4.90 Å². The lowest BCUT2D eigenvalue weighted by atomic mass is 10.2. The summed E-state index contributed by atoms with van der Waals surface area (Å²) in [6, 6.07) is 15.2. The molecule has 1 unspecified atom stereocenters. The van der Waals surface area contributed by atoms with Gasteiger partial charge in [-0.3, -0.25) is 9.69 Å². The molecular weight excluding hydrogens is 337 g/mol. The van der Waals surface area contributed by atoms with Crippen LogP contribution in [-0.4, -0.2) is 17.0 Å². The van der Waals surface area contributed by atoms with Gasteiger partial charge in [-0.2, -0.15) is 0 Å². The van der Waals surface area contributed by atoms with Gasteiger partial charge in [0.05, 0.1) is 16.5 Å². The highest BCUT2D eigenvalue weighted by atomic mass is 35.5. The van der Waals surface area contributed by atoms with E-state index in [0.717, 1.165) is 5.56 Å². The minimum atomic E-state index is -0.0799. The summed E-state index contributed by atoms with van der Waals surface area (Å²) in [7, 11) is 0. The number of anilines is 1. The average Bonchev–Trinajstić information content (AvgIpc) is 2.89. The molecule has 1 saturated heterocycles. The highest BCUT2D eigenvalue weighted by Gasteiger charge is 2.32. The number of thioether (sulfide) groups is 1. The smallest absolute Gasteiger partial charge is 0.238 e. The van der Waals surface area contributed by atoms with Crippen molar-refractivity contribution >= 4 is 52.6 Å². The van der Waals surface area contributed by atoms with Crippen molar-refractivity contribution in [1.82, 2.24) is 0 Å². The molecule has 0 spiro atoms. The molecule has 22 heavy (non-hydrogen) atoms. The van der Waals surface area contributed by atoms with Crippen molar-refractivity contribution < 1.29 is 4.79 Å². The lowest BCUT2D eigenvalue weighted by molar-refractivity contribution is -0.115. The van der Waals surface area contributed by atoms with Gasteiger partial charge < -0.3 is 0 Å². The fraction of sp³-hybridized carbons (Fsp3) is 0.118. The minimum Gasteiger partial charge on any atom is -0.294 e. The van der Waals surface area contributed by atoms with Crippen molar-refractivity contribution in [2.24, 2.45) is 0 Å². The fourth-order valence-electron chi connectivity index (χ4n) is 2.28. The molecule has 1 fully saturated rings. The van der Waals surface area contributed by atoms with Crippen molar-refractivity contribution in [3.8, 4) is 0 Å². The van der Waals surface area contributed by atoms with E-state index in [2.05, 4.69) is 0 Å². The minimum absolute atomic E-state index is 0.0388. The molecule has 2 aromatic rings. The van der Waals surface area contributed by atoms with Gasteiger partial charge in [0.1, 0.15) is 5.37 Å². The normalized spacial score (nSPS) is 18.4. The first-order chi connectivity index (χ1) is 10.6. The van der Waals surface area contributed by atoms with E-state index in [1.807, 2.05) is 42.5 Å². The molecule has 3 rings (SSSR count). The zero-order valence-electron chi connectivity index (χ0n) is 11.6. The molecule has 5 heteroatoms. The molecule has 0 bridgehead atoms. The molecule has 0 aliphatic carbocycles. The second-order valence-corrected chi connectivity index (χ2v) is 6.78. The third-order valence-electron chi connectivity index (χ3n) is 3.32. The number of carbonyl (C=O) groups is 1. The van der Waals surface area contributed by atoms with E-state index < -0.39 is 0 Å². The molecule has 1 aliphatic rings. The highest BCUT2D eigenvalue weighted by molar-refractivity contribution is 8.01. The summed E-state index contributed by atoms with van der Waals surface area (Å²) in [6.45, 7) is 0. The number of carbonyl (C=O) groups excluding carboxylic acids is 1. The Morgan fingerprint density at radius 1 is 1.14 bits per heavy atom. The zero-order chi connectivity index (χ0) is 15.5. The molecule has 112 valence electrons. The monoisotopic (exact) mass is 349 g/mol. The van der Waals surface area contributed by atoms with Gasteiger partial charge in [-0.25, -0.2) is 0 Å². The zero-order valence-corrected chi connectivity index (χ0v) is 13.9. The maximum absolute atomic E-state index is 12.2. The second kappa shape index (κ2) is 6.78. The van der Waals surface area contributed by atoms with Crippen molar-refractivity contribution in [3.05, 3.63) is 70.2 Å². The molecule has 1 atom stereocenters. The maximum atomic E-state index is 12.2. The van der Waals surface area contributed by atoms with Gasteiger partial charge in [-0.05, 0) is 23.8 Å². The van der Waals surface area contributed by atoms with Crippen LogP contribution in [0.15, 0.2) is 54.6 Å². The number of benzene rings is 2. The largest absolute Gasteiger partial charge is 0.294 e. The maximum Gasteiger partial charge on any atom is 0.238 e. The third kappa shape index (κ3) is 3.32. The van der Waals surface area contributed by atoms with Crippen LogP contribution in [0.25, 0.3) is 6.08 Å². The summed E-state index contributed by atoms with van der Waals surface area (Å²) in [4.78, 5) is 13.9. The van der Waals surface area contributed by atoms with Crippen LogP contribution in [0.2, 0.25) is 10.0 Å². The van der Waals surface area contributed by atoms with Gasteiger partial charge in [0.2, 0.25) is 5.91 Å². The van der Waals surface area contributed by atoms with Gasteiger partial charge in [0.25, 0.3) is 0 Å². The Hall–Kier alpha value is -1.42. The molecule has 1 heterocycles. The summed E-state index contributed by atoms with van der Waals surface area (Å²) in [5.41, 5.74) is 1.76. The summed E-state index contributed by atoms with van der Waals surface area (Å²) in [5.74, 6) is 0.476. The average molecular weight is 350 g/mol. The van der Waals surface area contributed by atoms with Gasteiger partial charge in [0.15, 0.2) is 0 Å². The van der Waals surface area contributed by atoms with E-state index in [4.69, 9.17) is 23.2 Å². The van der Waals surface area contributed by atoms with Crippen LogP contribution >= 0.6 is 35.0 Å². The number of nitrogens with zero attached hydrogens (tertiary/aromatic N) is 1. The van der Waals surface area contributed by atoms with Crippen LogP contribution in [0.3, 0.4) is 0 Å². The predicted octanol–water partition coefficient (Wildman–Crippen LogP) is 5.11. The van der Waals surface area contributed by atoms with Crippen LogP contribution in [0.1, 0.15) is 5.56 Å². The van der Waals surface area contributed by atoms with Crippen LogP contribution in [0, 0.1) is 0 Å². The first-order valence-electron chi connectivity index (χ1n) is 6.77. The summed E-state index contributed by atoms with van der Waals surface area (Å²) < 4.78 is 0. The van der Waals surface area contributed by atoms with Crippen molar-refractivity contribution in [3.63, 3.8) is 0 Å². The molecular formula is C17H13Cl2NOS. The number of hydrogen-bond acceptors (Lipinski definition) is 2. The Labute approximate surface area is 143 Å². The molecule has 2 nitrogen and oxygen atoms in total. The first-order valence-corrected chi connectivity index (χ1v) is 8.57. The molecule has 2 aromatic carbocycles. The van der Waals surface area contributed by atoms with E-state index in [0.29, 0.717) is 21.5 Å². The molecule has 0 aromatic heterocycles. The van der Waals surface area contributed by atoms with Gasteiger partial charge in [-0.15, -0.1) is 11.8 Å². The lowest BCUT2D eigenvalue weighted by Gasteiger charge is -2.22. The van der Waals surface area contributed by atoms with Gasteiger partial charge >= 0.3 is 0 Å². The summed E-state index contributed by atoms with van der Waals surface area (Å²) >= 11 is 13.9. The number of rotatable bonds is 3. The molecule has 0 N–H and O–H groups in total. The lowest BCUT2D eigenvalue weighted by Crippen LogP contribution is -2.31. The SMILES string of the molecule is O=C1CSC(C=Cc2ccccc2)N1c1cc(Cl)ccc1Cl. The molecule has 0 radical (unpaired) electrons. The van der Waals surface area contributed by atoms with Gasteiger partial charge in [-0.1, -0.05) is 65.7 Å². The van der Waals surface area contributed by atoms with E-state index in [1.54, 1.807) is 34.9 Å². The van der Waals surface area contributed by atoms with E-state index in [9.17, 15) is 4.79 Å². The molecule has 1 aliphatic heterocycles. The molecule has 0 saturated carbocycles. The standard InChI is InChI=1S/C17H13Cl2NOS/c18-13-7-8-14(19)15(10-13)20-16(21)11-22-17(20)9-6-12-4-2-1-3-5-12/h1-10,17H,11H2. The Kier molecular flexibility index (Phi) is 4.77. The quantitative estimate of drug-likeness (QED) is 0.766. The van der Waals surface area contributed by atoms with E-state index >= 15 is 0 Å². The summed E-state index contributed by atoms with van der Waals surface area (Å²) in [5, 5.41) is 1.01. The van der Waals surface area contributed by atoms with E-state index in [-0.39, 0.29) is 11.3 Å². The Bertz CT molecular complexity index is 718. The Balaban J connectivity index is 1.90. The van der Waals surface area contributed by atoms with Crippen molar-refractivity contribution in [2.75, 3.05) is 10.7 Å². The Morgan fingerprint density at radius 3 is 2.68 bits per heavy atom. The Morgan fingerprint density at radius 2 is 1.91 bits per heavy atom. The number of hydrogen-bond donors (Lipinski definition) is 0.